The van der Waals surface area contributed by atoms with Crippen LogP contribution in [0.3, 0.4) is 0 Å². The molecule has 0 bridgehead atoms. The summed E-state index contributed by atoms with van der Waals surface area (Å²) in [5.74, 6) is 1.63. The summed E-state index contributed by atoms with van der Waals surface area (Å²) in [4.78, 5) is 23.5. The Balaban J connectivity index is 1.78. The zero-order chi connectivity index (χ0) is 14.5. The number of hydrogen-bond donors (Lipinski definition) is 1. The van der Waals surface area contributed by atoms with Crippen LogP contribution >= 0.6 is 11.3 Å². The molecule has 1 radical (unpaired) electrons. The molecule has 0 fully saturated rings. The molecule has 1 amide bonds. The summed E-state index contributed by atoms with van der Waals surface area (Å²) in [6.45, 7) is 0. The third-order valence-electron chi connectivity index (χ3n) is 2.57. The molecule has 1 N–H and O–H groups in total. The highest BCUT2D eigenvalue weighted by Crippen LogP contribution is 2.27. The Kier molecular flexibility index (Phi) is 3.83. The number of nitrogens with zero attached hydrogens (tertiary/aromatic N) is 3. The average Bonchev–Trinajstić information content (AvgIpc) is 3.04. The molecule has 0 aromatic carbocycles. The monoisotopic (exact) mass is 297 g/mol. The molecule has 0 atom stereocenters. The van der Waals surface area contributed by atoms with E-state index in [1.165, 1.54) is 17.5 Å². The fourth-order valence-electron chi connectivity index (χ4n) is 1.65. The van der Waals surface area contributed by atoms with Gasteiger partial charge in [0.1, 0.15) is 17.3 Å². The summed E-state index contributed by atoms with van der Waals surface area (Å²) in [5.41, 5.74) is 2.56. The first-order valence-corrected chi connectivity index (χ1v) is 6.85. The van der Waals surface area contributed by atoms with Crippen LogP contribution in [0.1, 0.15) is 0 Å². The molecule has 0 saturated heterocycles. The third kappa shape index (κ3) is 3.21. The smallest absolute Gasteiger partial charge is 0.315 e. The van der Waals surface area contributed by atoms with E-state index in [0.29, 0.717) is 17.3 Å². The second-order valence-corrected chi connectivity index (χ2v) is 4.84. The molecule has 0 aliphatic carbocycles. The van der Waals surface area contributed by atoms with E-state index in [0.717, 1.165) is 10.6 Å². The minimum absolute atomic E-state index is 0.414. The standard InChI is InChI=1S/C14H9N4O2S/c19-8-18-14-2-1-11(6-17-14)20-10-3-4-16-12(5-10)13-7-15-9-21-13/h1-7,9H,(H,17,18,19). The molecule has 6 nitrogen and oxygen atoms in total. The fourth-order valence-corrected chi connectivity index (χ4v) is 2.24. The largest absolute Gasteiger partial charge is 0.456 e. The van der Waals surface area contributed by atoms with Crippen molar-refractivity contribution in [2.24, 2.45) is 0 Å². The molecular formula is C14H9N4O2S. The number of rotatable bonds is 5. The van der Waals surface area contributed by atoms with Crippen molar-refractivity contribution in [3.63, 3.8) is 0 Å². The highest BCUT2D eigenvalue weighted by atomic mass is 32.1. The van der Waals surface area contributed by atoms with Gasteiger partial charge in [-0.2, -0.15) is 0 Å². The van der Waals surface area contributed by atoms with E-state index in [9.17, 15) is 4.79 Å². The molecule has 0 spiro atoms. The molecule has 0 unspecified atom stereocenters. The topological polar surface area (TPSA) is 77.0 Å². The van der Waals surface area contributed by atoms with Gasteiger partial charge in [0.2, 0.25) is 0 Å². The molecule has 3 aromatic rings. The molecule has 0 aliphatic rings. The van der Waals surface area contributed by atoms with E-state index >= 15 is 0 Å². The molecule has 3 rings (SSSR count). The summed E-state index contributed by atoms with van der Waals surface area (Å²) in [6.07, 6.45) is 6.51. The molecule has 3 heterocycles. The van der Waals surface area contributed by atoms with E-state index in [4.69, 9.17) is 4.74 Å². The summed E-state index contributed by atoms with van der Waals surface area (Å²) in [5, 5.41) is 2.34. The maximum absolute atomic E-state index is 10.2. The normalized spacial score (nSPS) is 10.1. The van der Waals surface area contributed by atoms with Gasteiger partial charge in [-0.1, -0.05) is 0 Å². The van der Waals surface area contributed by atoms with Crippen LogP contribution in [0, 0.1) is 0 Å². The van der Waals surface area contributed by atoms with Crippen LogP contribution in [-0.4, -0.2) is 21.4 Å². The van der Waals surface area contributed by atoms with Gasteiger partial charge in [-0.05, 0) is 18.2 Å². The summed E-state index contributed by atoms with van der Waals surface area (Å²) in [6, 6.07) is 6.93. The molecule has 0 aliphatic heterocycles. The maximum Gasteiger partial charge on any atom is 0.315 e. The van der Waals surface area contributed by atoms with Gasteiger partial charge in [0, 0.05) is 18.5 Å². The van der Waals surface area contributed by atoms with E-state index < -0.39 is 0 Å². The summed E-state index contributed by atoms with van der Waals surface area (Å²) >= 11 is 1.51. The van der Waals surface area contributed by atoms with Gasteiger partial charge < -0.3 is 10.1 Å². The number of hydrogen-bond acceptors (Lipinski definition) is 6. The summed E-state index contributed by atoms with van der Waals surface area (Å²) < 4.78 is 5.71. The van der Waals surface area contributed by atoms with E-state index in [1.807, 2.05) is 6.07 Å². The van der Waals surface area contributed by atoms with Crippen molar-refractivity contribution in [1.29, 1.82) is 0 Å². The number of nitrogens with one attached hydrogen (secondary N) is 1. The molecular weight excluding hydrogens is 288 g/mol. The summed E-state index contributed by atoms with van der Waals surface area (Å²) in [7, 11) is 0. The Morgan fingerprint density at radius 2 is 2.10 bits per heavy atom. The van der Waals surface area contributed by atoms with E-state index in [-0.39, 0.29) is 0 Å². The van der Waals surface area contributed by atoms with E-state index in [1.54, 1.807) is 42.5 Å². The van der Waals surface area contributed by atoms with E-state index in [2.05, 4.69) is 20.3 Å². The lowest BCUT2D eigenvalue weighted by atomic mass is 10.3. The SMILES string of the molecule is O=[C]Nc1ccc(Oc2ccnc(-c3cncs3)c2)cn1. The Bertz CT molecular complexity index is 729. The van der Waals surface area contributed by atoms with Gasteiger partial charge in [0.15, 0.2) is 0 Å². The molecule has 103 valence electrons. The quantitative estimate of drug-likeness (QED) is 0.733. The number of amides is 1. The predicted molar refractivity (Wildman–Crippen MR) is 79.0 cm³/mol. The molecule has 21 heavy (non-hydrogen) atoms. The van der Waals surface area contributed by atoms with Crippen LogP contribution in [0.15, 0.2) is 48.4 Å². The van der Waals surface area contributed by atoms with Crippen molar-refractivity contribution in [2.75, 3.05) is 5.32 Å². The minimum atomic E-state index is 0.414. The Morgan fingerprint density at radius 1 is 1.14 bits per heavy atom. The predicted octanol–water partition coefficient (Wildman–Crippen LogP) is 2.87. The Labute approximate surface area is 124 Å². The van der Waals surface area contributed by atoms with Crippen LogP contribution in [-0.2, 0) is 4.79 Å². The first-order valence-electron chi connectivity index (χ1n) is 5.97. The lowest BCUT2D eigenvalue weighted by Crippen LogP contribution is -1.96. The first-order chi connectivity index (χ1) is 10.3. The minimum Gasteiger partial charge on any atom is -0.456 e. The van der Waals surface area contributed by atoms with Crippen molar-refractivity contribution in [1.82, 2.24) is 15.0 Å². The van der Waals surface area contributed by atoms with Gasteiger partial charge in [0.25, 0.3) is 0 Å². The van der Waals surface area contributed by atoms with Crippen molar-refractivity contribution in [2.45, 2.75) is 0 Å². The maximum atomic E-state index is 10.2. The van der Waals surface area contributed by atoms with Gasteiger partial charge in [-0.15, -0.1) is 11.3 Å². The van der Waals surface area contributed by atoms with Crippen molar-refractivity contribution in [3.05, 3.63) is 48.4 Å². The lowest BCUT2D eigenvalue weighted by molar-refractivity contribution is 0.480. The average molecular weight is 297 g/mol. The van der Waals surface area contributed by atoms with Crippen molar-refractivity contribution < 1.29 is 9.53 Å². The van der Waals surface area contributed by atoms with Crippen LogP contribution in [0.2, 0.25) is 0 Å². The zero-order valence-corrected chi connectivity index (χ0v) is 11.5. The lowest BCUT2D eigenvalue weighted by Gasteiger charge is -2.06. The number of thiazole rings is 1. The fraction of sp³-hybridized carbons (Fsp3) is 0. The van der Waals surface area contributed by atoms with Crippen LogP contribution in [0.25, 0.3) is 10.6 Å². The molecule has 7 heteroatoms. The van der Waals surface area contributed by atoms with Gasteiger partial charge in [0.05, 0.1) is 22.3 Å². The van der Waals surface area contributed by atoms with Crippen LogP contribution < -0.4 is 10.1 Å². The Morgan fingerprint density at radius 3 is 2.81 bits per heavy atom. The third-order valence-corrected chi connectivity index (χ3v) is 3.36. The number of anilines is 1. The Hall–Kier alpha value is -2.80. The second kappa shape index (κ2) is 6.10. The number of pyridine rings is 2. The van der Waals surface area contributed by atoms with Gasteiger partial charge in [-0.25, -0.2) is 4.98 Å². The number of ether oxygens (including phenoxy) is 1. The number of aromatic nitrogens is 3. The highest BCUT2D eigenvalue weighted by Gasteiger charge is 2.04. The van der Waals surface area contributed by atoms with Crippen molar-refractivity contribution in [3.8, 4) is 22.1 Å². The zero-order valence-electron chi connectivity index (χ0n) is 10.7. The van der Waals surface area contributed by atoms with Crippen LogP contribution in [0.4, 0.5) is 5.82 Å². The van der Waals surface area contributed by atoms with Gasteiger partial charge >= 0.3 is 6.41 Å². The van der Waals surface area contributed by atoms with Gasteiger partial charge in [-0.3, -0.25) is 14.8 Å². The number of carbonyl (C=O) groups excluding carboxylic acids is 1. The van der Waals surface area contributed by atoms with Crippen LogP contribution in [0.5, 0.6) is 11.5 Å². The van der Waals surface area contributed by atoms with Crippen molar-refractivity contribution >= 4 is 23.6 Å². The first kappa shape index (κ1) is 13.2. The highest BCUT2D eigenvalue weighted by molar-refractivity contribution is 7.13. The second-order valence-electron chi connectivity index (χ2n) is 3.95. The molecule has 3 aromatic heterocycles. The molecule has 0 saturated carbocycles.